The van der Waals surface area contributed by atoms with E-state index in [0.717, 1.165) is 11.8 Å². The Labute approximate surface area is 155 Å². The molecule has 0 spiro atoms. The van der Waals surface area contributed by atoms with Gasteiger partial charge in [0.15, 0.2) is 0 Å². The highest BCUT2D eigenvalue weighted by molar-refractivity contribution is 5.73. The van der Waals surface area contributed by atoms with Crippen LogP contribution in [-0.4, -0.2) is 24.4 Å². The fraction of sp³-hybridized carbons (Fsp3) is 0.955. The molecule has 0 aromatic rings. The Morgan fingerprint density at radius 1 is 0.696 bits per heavy atom. The van der Waals surface area contributed by atoms with E-state index in [1.165, 1.54) is 12.1 Å². The number of hydrogen-bond acceptors (Lipinski definition) is 0. The van der Waals surface area contributed by atoms with Crippen LogP contribution >= 0.6 is 0 Å². The summed E-state index contributed by atoms with van der Waals surface area (Å²) in [7, 11) is 4.07. The summed E-state index contributed by atoms with van der Waals surface area (Å²) in [6.07, 6.45) is 1.36. The molecule has 0 aromatic heterocycles. The molecule has 1 nitrogen and oxygen atoms in total. The second kappa shape index (κ2) is 26.6. The average molecular weight is 339 g/mol. The third-order valence-electron chi connectivity index (χ3n) is 1.84. The molecule has 0 saturated carbocycles. The highest BCUT2D eigenvalue weighted by atomic mass is 14.9. The number of rotatable bonds is 2. The lowest BCUT2D eigenvalue weighted by molar-refractivity contribution is -0.465. The molecule has 0 heterocycles. The van der Waals surface area contributed by atoms with Gasteiger partial charge in [0.2, 0.25) is 0 Å². The maximum atomic E-state index is 2.26. The summed E-state index contributed by atoms with van der Waals surface area (Å²) in [4.78, 5) is 0. The molecular formula is C22H60N+. The predicted octanol–water partition coefficient (Wildman–Crippen LogP) is 8.66. The van der Waals surface area contributed by atoms with E-state index in [4.69, 9.17) is 0 Å². The molecule has 23 heavy (non-hydrogen) atoms. The van der Waals surface area contributed by atoms with Crippen LogP contribution in [0.25, 0.3) is 0 Å². The molecule has 0 amide bonds. The Morgan fingerprint density at radius 3 is 0.826 bits per heavy atom. The molecule has 0 aliphatic carbocycles. The minimum Gasteiger partial charge on any atom is -0.243 e. The molecule has 0 aromatic carbocycles. The topological polar surface area (TPSA) is 3.01 Å². The van der Waals surface area contributed by atoms with Crippen molar-refractivity contribution >= 4 is 5.71 Å². The van der Waals surface area contributed by atoms with Crippen molar-refractivity contribution in [1.29, 1.82) is 0 Å². The predicted molar refractivity (Wildman–Crippen MR) is 122 cm³/mol. The smallest absolute Gasteiger partial charge is 0.145 e. The quantitative estimate of drug-likeness (QED) is 0.350. The molecule has 1 heteroatoms. The van der Waals surface area contributed by atoms with E-state index >= 15 is 0 Å². The van der Waals surface area contributed by atoms with Gasteiger partial charge in [0.05, 0.1) is 0 Å². The van der Waals surface area contributed by atoms with E-state index in [-0.39, 0.29) is 37.1 Å². The van der Waals surface area contributed by atoms with Crippen LogP contribution < -0.4 is 0 Å². The third-order valence-corrected chi connectivity index (χ3v) is 1.84. The SMILES string of the molecule is C.C.C.C.C.CC(C)(C)C.CC(C)=[N+](C)C.CC(C)CC(C)C. The van der Waals surface area contributed by atoms with Gasteiger partial charge in [-0.25, -0.2) is 4.58 Å². The first-order valence-corrected chi connectivity index (χ1v) is 7.24. The van der Waals surface area contributed by atoms with E-state index < -0.39 is 0 Å². The largest absolute Gasteiger partial charge is 0.243 e. The Morgan fingerprint density at radius 2 is 0.826 bits per heavy atom. The van der Waals surface area contributed by atoms with Gasteiger partial charge in [-0.2, -0.15) is 0 Å². The lowest BCUT2D eigenvalue weighted by Gasteiger charge is -2.05. The highest BCUT2D eigenvalue weighted by Gasteiger charge is 1.96. The van der Waals surface area contributed by atoms with Crippen molar-refractivity contribution in [3.8, 4) is 0 Å². The molecule has 0 bridgehead atoms. The van der Waals surface area contributed by atoms with Crippen LogP contribution in [0.15, 0.2) is 0 Å². The van der Waals surface area contributed by atoms with Crippen LogP contribution in [0.1, 0.15) is 113 Å². The Balaban J connectivity index is -0.0000000223. The van der Waals surface area contributed by atoms with Gasteiger partial charge in [0.1, 0.15) is 19.8 Å². The number of hydrogen-bond donors (Lipinski definition) is 0. The van der Waals surface area contributed by atoms with Gasteiger partial charge in [-0.3, -0.25) is 0 Å². The second-order valence-corrected chi connectivity index (χ2v) is 7.87. The summed E-state index contributed by atoms with van der Waals surface area (Å²) in [5.41, 5.74) is 1.84. The lowest BCUT2D eigenvalue weighted by atomic mass is 10.0. The highest BCUT2D eigenvalue weighted by Crippen LogP contribution is 2.08. The Bertz CT molecular complexity index is 175. The van der Waals surface area contributed by atoms with E-state index in [2.05, 4.69) is 73.8 Å². The van der Waals surface area contributed by atoms with E-state index in [0.29, 0.717) is 5.41 Å². The first kappa shape index (κ1) is 49.5. The Kier molecular flexibility index (Phi) is 57.1. The van der Waals surface area contributed by atoms with Crippen molar-refractivity contribution in [1.82, 2.24) is 0 Å². The van der Waals surface area contributed by atoms with Gasteiger partial charge in [0.25, 0.3) is 0 Å². The van der Waals surface area contributed by atoms with Crippen LogP contribution in [-0.2, 0) is 0 Å². The van der Waals surface area contributed by atoms with Gasteiger partial charge >= 0.3 is 0 Å². The van der Waals surface area contributed by atoms with Crippen LogP contribution in [0.5, 0.6) is 0 Å². The normalized spacial score (nSPS) is 8.09. The summed E-state index contributed by atoms with van der Waals surface area (Å²) in [6.45, 7) is 22.0. The third kappa shape index (κ3) is 143. The zero-order chi connectivity index (χ0) is 15.5. The standard InChI is InChI=1S/C7H16.C5H12N.C5H12.5CH4/c1-6(2)5-7(3)4;1-5(2)6(3)4;1-5(2,3)4;;;;;/h6-7H,5H2,1-4H3;1-4H3;1-4H3;5*1H4/q;+1;;;;;;. The molecule has 152 valence electrons. The second-order valence-electron chi connectivity index (χ2n) is 7.87. The lowest BCUT2D eigenvalue weighted by Crippen LogP contribution is -2.03. The maximum Gasteiger partial charge on any atom is 0.145 e. The van der Waals surface area contributed by atoms with Gasteiger partial charge in [-0.05, 0) is 23.7 Å². The number of nitrogens with zero attached hydrogens (tertiary/aromatic N) is 1. The molecule has 0 radical (unpaired) electrons. The minimum atomic E-state index is 0. The van der Waals surface area contributed by atoms with Crippen molar-refractivity contribution in [2.75, 3.05) is 14.1 Å². The van der Waals surface area contributed by atoms with E-state index in [9.17, 15) is 0 Å². The van der Waals surface area contributed by atoms with Crippen molar-refractivity contribution in [2.45, 2.75) is 113 Å². The fourth-order valence-electron chi connectivity index (χ4n) is 0.943. The van der Waals surface area contributed by atoms with E-state index in [1.54, 1.807) is 0 Å². The van der Waals surface area contributed by atoms with Gasteiger partial charge in [-0.1, -0.05) is 92.5 Å². The Hall–Kier alpha value is -0.330. The summed E-state index contributed by atoms with van der Waals surface area (Å²) < 4.78 is 2.08. The summed E-state index contributed by atoms with van der Waals surface area (Å²) in [5, 5.41) is 0. The average Bonchev–Trinajstić information content (AvgIpc) is 1.97. The molecule has 0 aliphatic heterocycles. The van der Waals surface area contributed by atoms with Crippen LogP contribution in [0, 0.1) is 17.3 Å². The molecule has 0 N–H and O–H groups in total. The molecule has 0 saturated heterocycles. The molecule has 0 atom stereocenters. The van der Waals surface area contributed by atoms with Crippen molar-refractivity contribution in [2.24, 2.45) is 17.3 Å². The van der Waals surface area contributed by atoms with Crippen molar-refractivity contribution in [3.63, 3.8) is 0 Å². The fourth-order valence-corrected chi connectivity index (χ4v) is 0.943. The zero-order valence-electron chi connectivity index (χ0n) is 15.3. The van der Waals surface area contributed by atoms with Crippen molar-refractivity contribution in [3.05, 3.63) is 0 Å². The van der Waals surface area contributed by atoms with Crippen LogP contribution in [0.3, 0.4) is 0 Å². The summed E-state index contributed by atoms with van der Waals surface area (Å²) >= 11 is 0. The molecule has 0 aliphatic rings. The molecule has 0 rings (SSSR count). The molecule has 0 fully saturated rings. The summed E-state index contributed by atoms with van der Waals surface area (Å²) in [6, 6.07) is 0. The van der Waals surface area contributed by atoms with Gasteiger partial charge < -0.3 is 0 Å². The minimum absolute atomic E-state index is 0. The summed E-state index contributed by atoms with van der Waals surface area (Å²) in [5.74, 6) is 1.75. The van der Waals surface area contributed by atoms with Crippen LogP contribution in [0.2, 0.25) is 0 Å². The zero-order valence-corrected chi connectivity index (χ0v) is 15.3. The van der Waals surface area contributed by atoms with Crippen molar-refractivity contribution < 1.29 is 4.58 Å². The van der Waals surface area contributed by atoms with Gasteiger partial charge in [-0.15, -0.1) is 0 Å². The molecular weight excluding hydrogens is 278 g/mol. The monoisotopic (exact) mass is 338 g/mol. The maximum absolute atomic E-state index is 2.26. The molecule has 0 unspecified atom stereocenters. The van der Waals surface area contributed by atoms with E-state index in [1.807, 2.05) is 14.1 Å². The first-order valence-electron chi connectivity index (χ1n) is 7.24. The van der Waals surface area contributed by atoms with Crippen LogP contribution in [0.4, 0.5) is 0 Å². The first-order chi connectivity index (χ1) is 7.77. The van der Waals surface area contributed by atoms with Gasteiger partial charge in [0, 0.05) is 13.8 Å².